The zero-order valence-corrected chi connectivity index (χ0v) is 19.3. The van der Waals surface area contributed by atoms with E-state index in [1.807, 2.05) is 31.2 Å². The summed E-state index contributed by atoms with van der Waals surface area (Å²) in [5, 5.41) is 0. The first kappa shape index (κ1) is 22.7. The molecule has 1 aliphatic rings. The standard InChI is InChI=1S/C25H23FN2O4S/c1-4-31-19-9-7-6-8-17(19)14-20-23(29)28-22(16-10-12-18(26)13-11-16)21(24(30)32-5-2)15(3)27-25(28)33-20/h6-14,22H,4-5H2,1-3H3. The Hall–Kier alpha value is -3.52. The molecule has 0 amide bonds. The van der Waals surface area contributed by atoms with Crippen LogP contribution in [0, 0.1) is 5.82 Å². The van der Waals surface area contributed by atoms with Gasteiger partial charge in [-0.3, -0.25) is 9.36 Å². The number of fused-ring (bicyclic) bond motifs is 1. The number of hydrogen-bond donors (Lipinski definition) is 0. The summed E-state index contributed by atoms with van der Waals surface area (Å²) in [5.41, 5.74) is 1.79. The van der Waals surface area contributed by atoms with Crippen molar-refractivity contribution in [3.63, 3.8) is 0 Å². The Bertz CT molecular complexity index is 1400. The number of para-hydroxylation sites is 1. The average Bonchev–Trinajstić information content (AvgIpc) is 3.09. The molecule has 170 valence electrons. The lowest BCUT2D eigenvalue weighted by Gasteiger charge is -2.24. The Labute approximate surface area is 193 Å². The van der Waals surface area contributed by atoms with Crippen LogP contribution in [0.2, 0.25) is 0 Å². The summed E-state index contributed by atoms with van der Waals surface area (Å²) in [6.07, 6.45) is 1.76. The fourth-order valence-electron chi connectivity index (χ4n) is 3.78. The highest BCUT2D eigenvalue weighted by atomic mass is 32.1. The molecular weight excluding hydrogens is 443 g/mol. The highest BCUT2D eigenvalue weighted by Crippen LogP contribution is 2.30. The Morgan fingerprint density at radius 3 is 2.58 bits per heavy atom. The van der Waals surface area contributed by atoms with Crippen LogP contribution in [-0.2, 0) is 9.53 Å². The first-order chi connectivity index (χ1) is 15.9. The molecule has 1 unspecified atom stereocenters. The molecule has 0 saturated carbocycles. The molecule has 0 N–H and O–H groups in total. The average molecular weight is 467 g/mol. The van der Waals surface area contributed by atoms with Crippen LogP contribution in [0.15, 0.2) is 69.6 Å². The fraction of sp³-hybridized carbons (Fsp3) is 0.240. The third-order valence-corrected chi connectivity index (χ3v) is 6.19. The quantitative estimate of drug-likeness (QED) is 0.523. The normalized spacial score (nSPS) is 15.8. The number of aromatic nitrogens is 1. The largest absolute Gasteiger partial charge is 0.493 e. The van der Waals surface area contributed by atoms with Crippen molar-refractivity contribution in [2.45, 2.75) is 26.8 Å². The smallest absolute Gasteiger partial charge is 0.338 e. The molecule has 3 aromatic rings. The Balaban J connectivity index is 1.95. The van der Waals surface area contributed by atoms with Crippen LogP contribution in [0.1, 0.15) is 37.9 Å². The fourth-order valence-corrected chi connectivity index (χ4v) is 4.82. The van der Waals surface area contributed by atoms with Crippen molar-refractivity contribution >= 4 is 23.4 Å². The van der Waals surface area contributed by atoms with Crippen molar-refractivity contribution < 1.29 is 18.7 Å². The second-order valence-corrected chi connectivity index (χ2v) is 8.33. The predicted octanol–water partition coefficient (Wildman–Crippen LogP) is 3.34. The maximum Gasteiger partial charge on any atom is 0.338 e. The van der Waals surface area contributed by atoms with Crippen molar-refractivity contribution in [3.05, 3.63) is 96.4 Å². The number of nitrogens with zero attached hydrogens (tertiary/aromatic N) is 2. The van der Waals surface area contributed by atoms with E-state index in [0.717, 1.165) is 5.56 Å². The highest BCUT2D eigenvalue weighted by molar-refractivity contribution is 7.07. The number of esters is 1. The lowest BCUT2D eigenvalue weighted by molar-refractivity contribution is -0.139. The van der Waals surface area contributed by atoms with Gasteiger partial charge in [-0.05, 0) is 50.6 Å². The van der Waals surface area contributed by atoms with Crippen LogP contribution in [0.3, 0.4) is 0 Å². The zero-order valence-electron chi connectivity index (χ0n) is 18.5. The molecule has 0 aliphatic carbocycles. The SMILES string of the molecule is CCOC(=O)C1=C(C)N=c2sc(=Cc3ccccc3OCC)c(=O)n2C1c1ccc(F)cc1. The first-order valence-electron chi connectivity index (χ1n) is 10.6. The third kappa shape index (κ3) is 4.39. The number of allylic oxidation sites excluding steroid dienone is 1. The maximum atomic E-state index is 13.6. The molecule has 2 aromatic carbocycles. The zero-order chi connectivity index (χ0) is 23.5. The van der Waals surface area contributed by atoms with Gasteiger partial charge in [0.25, 0.3) is 5.56 Å². The molecule has 0 spiro atoms. The maximum absolute atomic E-state index is 13.6. The van der Waals surface area contributed by atoms with E-state index < -0.39 is 17.8 Å². The van der Waals surface area contributed by atoms with Gasteiger partial charge < -0.3 is 9.47 Å². The summed E-state index contributed by atoms with van der Waals surface area (Å²) in [7, 11) is 0. The van der Waals surface area contributed by atoms with Crippen LogP contribution in [0.25, 0.3) is 6.08 Å². The number of thiazole rings is 1. The van der Waals surface area contributed by atoms with Crippen LogP contribution >= 0.6 is 11.3 Å². The monoisotopic (exact) mass is 466 g/mol. The molecule has 6 nitrogen and oxygen atoms in total. The predicted molar refractivity (Wildman–Crippen MR) is 124 cm³/mol. The van der Waals surface area contributed by atoms with E-state index >= 15 is 0 Å². The summed E-state index contributed by atoms with van der Waals surface area (Å²) < 4.78 is 26.5. The number of benzene rings is 2. The highest BCUT2D eigenvalue weighted by Gasteiger charge is 2.33. The first-order valence-corrected chi connectivity index (χ1v) is 11.4. The second kappa shape index (κ2) is 9.54. The number of carbonyl (C=O) groups excluding carboxylic acids is 1. The van der Waals surface area contributed by atoms with Gasteiger partial charge in [0.15, 0.2) is 4.80 Å². The topological polar surface area (TPSA) is 69.9 Å². The van der Waals surface area contributed by atoms with Gasteiger partial charge in [-0.25, -0.2) is 14.2 Å². The van der Waals surface area contributed by atoms with E-state index in [4.69, 9.17) is 9.47 Å². The van der Waals surface area contributed by atoms with E-state index in [0.29, 0.717) is 33.0 Å². The Morgan fingerprint density at radius 1 is 1.15 bits per heavy atom. The Morgan fingerprint density at radius 2 is 1.88 bits per heavy atom. The van der Waals surface area contributed by atoms with E-state index in [1.54, 1.807) is 32.1 Å². The van der Waals surface area contributed by atoms with Crippen LogP contribution in [0.4, 0.5) is 4.39 Å². The van der Waals surface area contributed by atoms with Crippen molar-refractivity contribution in [1.29, 1.82) is 0 Å². The molecule has 4 rings (SSSR count). The van der Waals surface area contributed by atoms with Gasteiger partial charge in [0.05, 0.1) is 35.1 Å². The molecule has 0 saturated heterocycles. The second-order valence-electron chi connectivity index (χ2n) is 7.32. The molecule has 33 heavy (non-hydrogen) atoms. The Kier molecular flexibility index (Phi) is 6.55. The van der Waals surface area contributed by atoms with Crippen LogP contribution in [0.5, 0.6) is 5.75 Å². The van der Waals surface area contributed by atoms with E-state index in [9.17, 15) is 14.0 Å². The van der Waals surface area contributed by atoms with Crippen LogP contribution in [-0.4, -0.2) is 23.8 Å². The van der Waals surface area contributed by atoms with Gasteiger partial charge in [-0.2, -0.15) is 0 Å². The molecule has 1 atom stereocenters. The van der Waals surface area contributed by atoms with Crippen molar-refractivity contribution in [2.24, 2.45) is 4.99 Å². The number of rotatable bonds is 6. The molecule has 0 radical (unpaired) electrons. The van der Waals surface area contributed by atoms with Gasteiger partial charge in [0, 0.05) is 5.56 Å². The summed E-state index contributed by atoms with van der Waals surface area (Å²) >= 11 is 1.23. The number of carbonyl (C=O) groups is 1. The van der Waals surface area contributed by atoms with Gasteiger partial charge in [0.1, 0.15) is 11.6 Å². The molecule has 1 aliphatic heterocycles. The number of halogens is 1. The molecule has 0 bridgehead atoms. The summed E-state index contributed by atoms with van der Waals surface area (Å²) in [6, 6.07) is 12.4. The number of hydrogen-bond acceptors (Lipinski definition) is 6. The van der Waals surface area contributed by atoms with Gasteiger partial charge in [-0.15, -0.1) is 0 Å². The van der Waals surface area contributed by atoms with Crippen molar-refractivity contribution in [2.75, 3.05) is 13.2 Å². The van der Waals surface area contributed by atoms with Gasteiger partial charge >= 0.3 is 5.97 Å². The molecule has 0 fully saturated rings. The molecule has 2 heterocycles. The minimum atomic E-state index is -0.773. The van der Waals surface area contributed by atoms with Gasteiger partial charge in [0.2, 0.25) is 0 Å². The minimum absolute atomic E-state index is 0.185. The summed E-state index contributed by atoms with van der Waals surface area (Å²) in [4.78, 5) is 31.4. The van der Waals surface area contributed by atoms with Crippen molar-refractivity contribution in [3.8, 4) is 5.75 Å². The van der Waals surface area contributed by atoms with E-state index in [-0.39, 0.29) is 17.7 Å². The number of ether oxygens (including phenoxy) is 2. The lowest BCUT2D eigenvalue weighted by Crippen LogP contribution is -2.39. The summed E-state index contributed by atoms with van der Waals surface area (Å²) in [6.45, 7) is 6.01. The summed E-state index contributed by atoms with van der Waals surface area (Å²) in [5.74, 6) is -0.287. The molecule has 8 heteroatoms. The van der Waals surface area contributed by atoms with E-state index in [1.165, 1.54) is 28.0 Å². The molecular formula is C25H23FN2O4S. The minimum Gasteiger partial charge on any atom is -0.493 e. The third-order valence-electron chi connectivity index (χ3n) is 5.21. The van der Waals surface area contributed by atoms with Gasteiger partial charge in [-0.1, -0.05) is 41.7 Å². The van der Waals surface area contributed by atoms with Crippen LogP contribution < -0.4 is 19.6 Å². The van der Waals surface area contributed by atoms with Crippen molar-refractivity contribution in [1.82, 2.24) is 4.57 Å². The lowest BCUT2D eigenvalue weighted by atomic mass is 9.96. The molecule has 1 aromatic heterocycles. The van der Waals surface area contributed by atoms with E-state index in [2.05, 4.69) is 4.99 Å².